The second-order valence-corrected chi connectivity index (χ2v) is 5.59. The van der Waals surface area contributed by atoms with Crippen LogP contribution < -0.4 is 10.6 Å². The van der Waals surface area contributed by atoms with Gasteiger partial charge < -0.3 is 10.6 Å². The molecule has 7 nitrogen and oxygen atoms in total. The first kappa shape index (κ1) is 18.2. The lowest BCUT2D eigenvalue weighted by Crippen LogP contribution is -2.10. The number of aromatic nitrogens is 2. The van der Waals surface area contributed by atoms with Crippen LogP contribution in [0, 0.1) is 21.7 Å². The van der Waals surface area contributed by atoms with E-state index in [2.05, 4.69) is 20.6 Å². The predicted molar refractivity (Wildman–Crippen MR) is 97.0 cm³/mol. The van der Waals surface area contributed by atoms with E-state index >= 15 is 0 Å². The quantitative estimate of drug-likeness (QED) is 0.481. The van der Waals surface area contributed by atoms with Crippen LogP contribution in [0.4, 0.5) is 31.8 Å². The normalized spacial score (nSPS) is 10.4. The monoisotopic (exact) mass is 371 g/mol. The van der Waals surface area contributed by atoms with Crippen LogP contribution in [-0.4, -0.2) is 21.4 Å². The average Bonchev–Trinajstić information content (AvgIpc) is 2.65. The number of nitrogens with one attached hydrogen (secondary N) is 2. The summed E-state index contributed by atoms with van der Waals surface area (Å²) in [6.45, 7) is 0.423. The summed E-state index contributed by atoms with van der Waals surface area (Å²) in [6.07, 6.45) is 1.80. The average molecular weight is 371 g/mol. The summed E-state index contributed by atoms with van der Waals surface area (Å²) in [6, 6.07) is 12.7. The molecule has 0 aliphatic rings. The molecular formula is C18H15F2N5O2. The molecule has 2 aromatic carbocycles. The number of rotatable bonds is 7. The maximum atomic E-state index is 13.4. The molecule has 0 aliphatic heterocycles. The van der Waals surface area contributed by atoms with E-state index in [1.54, 1.807) is 0 Å². The third kappa shape index (κ3) is 4.51. The summed E-state index contributed by atoms with van der Waals surface area (Å²) in [5.74, 6) is -2.17. The van der Waals surface area contributed by atoms with Crippen LogP contribution >= 0.6 is 0 Å². The Hall–Kier alpha value is -3.62. The van der Waals surface area contributed by atoms with Gasteiger partial charge in [-0.15, -0.1) is 0 Å². The van der Waals surface area contributed by atoms with Gasteiger partial charge in [0.15, 0.2) is 11.6 Å². The van der Waals surface area contributed by atoms with Crippen LogP contribution in [0.15, 0.2) is 54.9 Å². The van der Waals surface area contributed by atoms with Gasteiger partial charge in [0.1, 0.15) is 6.33 Å². The molecule has 0 unspecified atom stereocenters. The van der Waals surface area contributed by atoms with Gasteiger partial charge in [-0.1, -0.05) is 30.3 Å². The standard InChI is InChI=1S/C18H15F2N5O2/c19-14-7-6-13(10-15(14)20)24-18-16(25(26)27)17(22-11-23-18)21-9-8-12-4-2-1-3-5-12/h1-7,10-11H,8-9H2,(H2,21,22,23,24). The van der Waals surface area contributed by atoms with Crippen LogP contribution in [-0.2, 0) is 6.42 Å². The highest BCUT2D eigenvalue weighted by Crippen LogP contribution is 2.31. The fraction of sp³-hybridized carbons (Fsp3) is 0.111. The summed E-state index contributed by atoms with van der Waals surface area (Å²) in [5, 5.41) is 17.1. The Kier molecular flexibility index (Phi) is 5.50. The molecule has 27 heavy (non-hydrogen) atoms. The second-order valence-electron chi connectivity index (χ2n) is 5.59. The van der Waals surface area contributed by atoms with Crippen molar-refractivity contribution in [1.82, 2.24) is 9.97 Å². The van der Waals surface area contributed by atoms with Crippen molar-refractivity contribution in [3.05, 3.63) is 82.2 Å². The zero-order chi connectivity index (χ0) is 19.2. The van der Waals surface area contributed by atoms with Crippen LogP contribution in [0.3, 0.4) is 0 Å². The predicted octanol–water partition coefficient (Wildman–Crippen LogP) is 4.06. The van der Waals surface area contributed by atoms with Gasteiger partial charge in [-0.3, -0.25) is 10.1 Å². The molecule has 3 aromatic rings. The lowest BCUT2D eigenvalue weighted by molar-refractivity contribution is -0.383. The molecule has 0 radical (unpaired) electrons. The van der Waals surface area contributed by atoms with Crippen molar-refractivity contribution < 1.29 is 13.7 Å². The van der Waals surface area contributed by atoms with Gasteiger partial charge in [-0.25, -0.2) is 18.7 Å². The molecule has 1 aromatic heterocycles. The largest absolute Gasteiger partial charge is 0.364 e. The lowest BCUT2D eigenvalue weighted by Gasteiger charge is -2.10. The Labute approximate surface area is 153 Å². The van der Waals surface area contributed by atoms with Crippen LogP contribution in [0.2, 0.25) is 0 Å². The van der Waals surface area contributed by atoms with Gasteiger partial charge in [-0.05, 0) is 24.1 Å². The zero-order valence-corrected chi connectivity index (χ0v) is 14.0. The molecule has 0 bridgehead atoms. The van der Waals surface area contributed by atoms with E-state index in [-0.39, 0.29) is 23.0 Å². The number of anilines is 3. The minimum absolute atomic E-state index is 0.0380. The van der Waals surface area contributed by atoms with Crippen LogP contribution in [0.25, 0.3) is 0 Å². The number of nitro groups is 1. The Morgan fingerprint density at radius 3 is 2.44 bits per heavy atom. The Morgan fingerprint density at radius 2 is 1.74 bits per heavy atom. The van der Waals surface area contributed by atoms with E-state index in [1.165, 1.54) is 6.07 Å². The fourth-order valence-corrected chi connectivity index (χ4v) is 2.45. The van der Waals surface area contributed by atoms with Crippen molar-refractivity contribution in [3.8, 4) is 0 Å². The van der Waals surface area contributed by atoms with E-state index in [9.17, 15) is 18.9 Å². The first-order chi connectivity index (χ1) is 13.0. The van der Waals surface area contributed by atoms with Crippen molar-refractivity contribution in [2.75, 3.05) is 17.2 Å². The van der Waals surface area contributed by atoms with E-state index in [4.69, 9.17) is 0 Å². The smallest absolute Gasteiger partial charge is 0.353 e. The summed E-state index contributed by atoms with van der Waals surface area (Å²) in [4.78, 5) is 18.6. The van der Waals surface area contributed by atoms with Gasteiger partial charge >= 0.3 is 5.69 Å². The van der Waals surface area contributed by atoms with Gasteiger partial charge in [-0.2, -0.15) is 0 Å². The number of hydrogen-bond acceptors (Lipinski definition) is 6. The summed E-state index contributed by atoms with van der Waals surface area (Å²) in [7, 11) is 0. The minimum Gasteiger partial charge on any atom is -0.364 e. The Morgan fingerprint density at radius 1 is 1.00 bits per heavy atom. The first-order valence-electron chi connectivity index (χ1n) is 8.04. The zero-order valence-electron chi connectivity index (χ0n) is 14.0. The third-order valence-corrected chi connectivity index (χ3v) is 3.74. The topological polar surface area (TPSA) is 93.0 Å². The van der Waals surface area contributed by atoms with Crippen molar-refractivity contribution >= 4 is 23.0 Å². The molecule has 0 fully saturated rings. The maximum absolute atomic E-state index is 13.4. The molecule has 0 saturated carbocycles. The highest BCUT2D eigenvalue weighted by Gasteiger charge is 2.23. The highest BCUT2D eigenvalue weighted by atomic mass is 19.2. The molecule has 0 aliphatic carbocycles. The molecular weight excluding hydrogens is 356 g/mol. The van der Waals surface area contributed by atoms with E-state index < -0.39 is 16.6 Å². The van der Waals surface area contributed by atoms with E-state index in [0.29, 0.717) is 13.0 Å². The SMILES string of the molecule is O=[N+]([O-])c1c(NCCc2ccccc2)ncnc1Nc1ccc(F)c(F)c1. The molecule has 9 heteroatoms. The van der Waals surface area contributed by atoms with Crippen molar-refractivity contribution in [3.63, 3.8) is 0 Å². The van der Waals surface area contributed by atoms with E-state index in [0.717, 1.165) is 24.0 Å². The lowest BCUT2D eigenvalue weighted by atomic mass is 10.1. The number of nitrogens with zero attached hydrogens (tertiary/aromatic N) is 3. The molecule has 1 heterocycles. The minimum atomic E-state index is -1.07. The molecule has 3 rings (SSSR count). The number of hydrogen-bond donors (Lipinski definition) is 2. The molecule has 0 atom stereocenters. The summed E-state index contributed by atoms with van der Waals surface area (Å²) >= 11 is 0. The van der Waals surface area contributed by atoms with Gasteiger partial charge in [0, 0.05) is 18.3 Å². The summed E-state index contributed by atoms with van der Waals surface area (Å²) < 4.78 is 26.4. The second kappa shape index (κ2) is 8.17. The van der Waals surface area contributed by atoms with Crippen LogP contribution in [0.1, 0.15) is 5.56 Å². The molecule has 138 valence electrons. The highest BCUT2D eigenvalue weighted by molar-refractivity contribution is 5.73. The maximum Gasteiger partial charge on any atom is 0.353 e. The Bertz CT molecular complexity index is 954. The van der Waals surface area contributed by atoms with Crippen LogP contribution in [0.5, 0.6) is 0 Å². The molecule has 0 amide bonds. The molecule has 0 spiro atoms. The third-order valence-electron chi connectivity index (χ3n) is 3.74. The van der Waals surface area contributed by atoms with Crippen molar-refractivity contribution in [2.45, 2.75) is 6.42 Å². The molecule has 0 saturated heterocycles. The van der Waals surface area contributed by atoms with Gasteiger partial charge in [0.25, 0.3) is 0 Å². The van der Waals surface area contributed by atoms with Gasteiger partial charge in [0.05, 0.1) is 4.92 Å². The number of benzene rings is 2. The van der Waals surface area contributed by atoms with Gasteiger partial charge in [0.2, 0.25) is 11.6 Å². The van der Waals surface area contributed by atoms with E-state index in [1.807, 2.05) is 30.3 Å². The van der Waals surface area contributed by atoms with Crippen molar-refractivity contribution in [1.29, 1.82) is 0 Å². The summed E-state index contributed by atoms with van der Waals surface area (Å²) in [5.41, 5.74) is 0.822. The first-order valence-corrected chi connectivity index (χ1v) is 8.04. The van der Waals surface area contributed by atoms with Crippen molar-refractivity contribution in [2.24, 2.45) is 0 Å². The Balaban J connectivity index is 1.79. The number of halogens is 2. The fourth-order valence-electron chi connectivity index (χ4n) is 2.45. The molecule has 2 N–H and O–H groups in total.